The molecule has 2 aromatic rings. The first-order chi connectivity index (χ1) is 8.16. The van der Waals surface area contributed by atoms with Gasteiger partial charge in [0.1, 0.15) is 0 Å². The van der Waals surface area contributed by atoms with E-state index in [4.69, 9.17) is 5.73 Å². The lowest BCUT2D eigenvalue weighted by Crippen LogP contribution is -2.28. The summed E-state index contributed by atoms with van der Waals surface area (Å²) in [4.78, 5) is 13.7. The number of nitrogens with zero attached hydrogens (tertiary/aromatic N) is 2. The summed E-state index contributed by atoms with van der Waals surface area (Å²) in [5.74, 6) is 0.119. The van der Waals surface area contributed by atoms with E-state index >= 15 is 0 Å². The van der Waals surface area contributed by atoms with Crippen LogP contribution in [0.5, 0.6) is 0 Å². The van der Waals surface area contributed by atoms with E-state index in [2.05, 4.69) is 10.6 Å². The number of amides is 1. The Morgan fingerprint density at radius 3 is 2.88 bits per heavy atom. The van der Waals surface area contributed by atoms with Gasteiger partial charge < -0.3 is 15.2 Å². The normalized spacial score (nSPS) is 20.5. The molecule has 2 N–H and O–H groups in total. The fraction of sp³-hybridized carbons (Fsp3) is 0.308. The second-order valence-electron chi connectivity index (χ2n) is 4.61. The Bertz CT molecular complexity index is 587. The number of hydrogen-bond acceptors (Lipinski definition) is 2. The van der Waals surface area contributed by atoms with Crippen LogP contribution in [0, 0.1) is 0 Å². The van der Waals surface area contributed by atoms with Crippen LogP contribution in [-0.2, 0) is 11.8 Å². The molecule has 2 heterocycles. The molecule has 1 aliphatic rings. The van der Waals surface area contributed by atoms with E-state index in [1.807, 2.05) is 31.4 Å². The number of anilines is 1. The van der Waals surface area contributed by atoms with Crippen molar-refractivity contribution in [2.24, 2.45) is 12.8 Å². The fourth-order valence-electron chi connectivity index (χ4n) is 2.49. The monoisotopic (exact) mass is 229 g/mol. The molecule has 1 unspecified atom stereocenters. The van der Waals surface area contributed by atoms with E-state index in [1.165, 1.54) is 0 Å². The molecular weight excluding hydrogens is 214 g/mol. The highest BCUT2D eigenvalue weighted by atomic mass is 16.2. The van der Waals surface area contributed by atoms with Gasteiger partial charge in [-0.05, 0) is 18.2 Å². The van der Waals surface area contributed by atoms with Crippen molar-refractivity contribution in [3.63, 3.8) is 0 Å². The van der Waals surface area contributed by atoms with Gasteiger partial charge in [0.25, 0.3) is 0 Å². The van der Waals surface area contributed by atoms with Crippen LogP contribution in [0.4, 0.5) is 5.69 Å². The highest BCUT2D eigenvalue weighted by Gasteiger charge is 2.29. The predicted octanol–water partition coefficient (Wildman–Crippen LogP) is 1.24. The van der Waals surface area contributed by atoms with E-state index in [1.54, 1.807) is 4.90 Å². The molecular formula is C13H15N3O. The van der Waals surface area contributed by atoms with Gasteiger partial charge in [-0.1, -0.05) is 6.07 Å². The average molecular weight is 229 g/mol. The van der Waals surface area contributed by atoms with Crippen molar-refractivity contribution in [3.8, 4) is 0 Å². The second-order valence-corrected chi connectivity index (χ2v) is 4.61. The second kappa shape index (κ2) is 3.60. The maximum absolute atomic E-state index is 11.9. The van der Waals surface area contributed by atoms with E-state index in [9.17, 15) is 4.79 Å². The standard InChI is InChI=1S/C13H15N3O/c1-15-6-5-10-11(15)3-2-4-12(10)16-8-9(14)7-13(16)17/h2-6,9H,7-8,14H2,1H3. The maximum Gasteiger partial charge on any atom is 0.228 e. The molecule has 0 aliphatic carbocycles. The van der Waals surface area contributed by atoms with Crippen LogP contribution in [0.25, 0.3) is 10.9 Å². The minimum absolute atomic E-state index is 0.0403. The number of aryl methyl sites for hydroxylation is 1. The van der Waals surface area contributed by atoms with E-state index < -0.39 is 0 Å². The Balaban J connectivity index is 2.14. The molecule has 0 radical (unpaired) electrons. The zero-order valence-corrected chi connectivity index (χ0v) is 9.76. The predicted molar refractivity (Wildman–Crippen MR) is 67.9 cm³/mol. The third-order valence-electron chi connectivity index (χ3n) is 3.35. The molecule has 1 aromatic heterocycles. The van der Waals surface area contributed by atoms with Crippen LogP contribution in [0.15, 0.2) is 30.5 Å². The van der Waals surface area contributed by atoms with Crippen molar-refractivity contribution in [1.29, 1.82) is 0 Å². The van der Waals surface area contributed by atoms with Gasteiger partial charge in [-0.25, -0.2) is 0 Å². The Labute approximate surface area is 99.6 Å². The first-order valence-electron chi connectivity index (χ1n) is 5.77. The summed E-state index contributed by atoms with van der Waals surface area (Å²) in [5.41, 5.74) is 7.94. The van der Waals surface area contributed by atoms with Gasteiger partial charge in [0.05, 0.1) is 5.69 Å². The van der Waals surface area contributed by atoms with Crippen LogP contribution in [0.2, 0.25) is 0 Å². The molecule has 4 nitrogen and oxygen atoms in total. The summed E-state index contributed by atoms with van der Waals surface area (Å²) in [6.07, 6.45) is 2.46. The molecule has 3 rings (SSSR count). The number of fused-ring (bicyclic) bond motifs is 1. The molecule has 0 spiro atoms. The van der Waals surface area contributed by atoms with E-state index in [0.29, 0.717) is 13.0 Å². The minimum atomic E-state index is -0.0403. The molecule has 1 saturated heterocycles. The van der Waals surface area contributed by atoms with Crippen LogP contribution in [0.1, 0.15) is 6.42 Å². The van der Waals surface area contributed by atoms with Crippen molar-refractivity contribution in [2.75, 3.05) is 11.4 Å². The molecule has 1 atom stereocenters. The Morgan fingerprint density at radius 1 is 1.35 bits per heavy atom. The van der Waals surface area contributed by atoms with E-state index in [-0.39, 0.29) is 11.9 Å². The molecule has 4 heteroatoms. The Kier molecular flexibility index (Phi) is 2.19. The third kappa shape index (κ3) is 1.52. The SMILES string of the molecule is Cn1ccc2c(N3CC(N)CC3=O)cccc21. The summed E-state index contributed by atoms with van der Waals surface area (Å²) in [6.45, 7) is 0.618. The minimum Gasteiger partial charge on any atom is -0.350 e. The van der Waals surface area contributed by atoms with Crippen LogP contribution < -0.4 is 10.6 Å². The Morgan fingerprint density at radius 2 is 2.18 bits per heavy atom. The van der Waals surface area contributed by atoms with Crippen LogP contribution in [-0.4, -0.2) is 23.1 Å². The first kappa shape index (κ1) is 10.4. The highest BCUT2D eigenvalue weighted by Crippen LogP contribution is 2.30. The number of hydrogen-bond donors (Lipinski definition) is 1. The van der Waals surface area contributed by atoms with Crippen molar-refractivity contribution in [2.45, 2.75) is 12.5 Å². The highest BCUT2D eigenvalue weighted by molar-refractivity contribution is 6.04. The first-order valence-corrected chi connectivity index (χ1v) is 5.77. The van der Waals surface area contributed by atoms with Crippen molar-refractivity contribution in [1.82, 2.24) is 4.57 Å². The topological polar surface area (TPSA) is 51.3 Å². The zero-order chi connectivity index (χ0) is 12.0. The molecule has 1 aliphatic heterocycles. The van der Waals surface area contributed by atoms with Crippen molar-refractivity contribution in [3.05, 3.63) is 30.5 Å². The van der Waals surface area contributed by atoms with Gasteiger partial charge in [-0.2, -0.15) is 0 Å². The molecule has 17 heavy (non-hydrogen) atoms. The lowest BCUT2D eigenvalue weighted by atomic mass is 10.2. The molecule has 1 fully saturated rings. The lowest BCUT2D eigenvalue weighted by Gasteiger charge is -2.17. The molecule has 0 bridgehead atoms. The number of carbonyl (C=O) groups excluding carboxylic acids is 1. The third-order valence-corrected chi connectivity index (χ3v) is 3.35. The quantitative estimate of drug-likeness (QED) is 0.800. The Hall–Kier alpha value is -1.81. The molecule has 1 amide bonds. The van der Waals surface area contributed by atoms with Gasteiger partial charge in [-0.15, -0.1) is 0 Å². The molecule has 1 aromatic carbocycles. The summed E-state index contributed by atoms with van der Waals surface area (Å²) in [6, 6.07) is 8.02. The smallest absolute Gasteiger partial charge is 0.228 e. The summed E-state index contributed by atoms with van der Waals surface area (Å²) < 4.78 is 2.05. The fourth-order valence-corrected chi connectivity index (χ4v) is 2.49. The number of nitrogens with two attached hydrogens (primary N) is 1. The van der Waals surface area contributed by atoms with Gasteiger partial charge in [0.15, 0.2) is 0 Å². The number of benzene rings is 1. The van der Waals surface area contributed by atoms with Crippen molar-refractivity contribution >= 4 is 22.5 Å². The summed E-state index contributed by atoms with van der Waals surface area (Å²) >= 11 is 0. The number of rotatable bonds is 1. The number of aromatic nitrogens is 1. The molecule has 88 valence electrons. The van der Waals surface area contributed by atoms with Gasteiger partial charge in [0, 0.05) is 43.2 Å². The van der Waals surface area contributed by atoms with Gasteiger partial charge >= 0.3 is 0 Å². The maximum atomic E-state index is 11.9. The average Bonchev–Trinajstić information content (AvgIpc) is 2.83. The van der Waals surface area contributed by atoms with Crippen molar-refractivity contribution < 1.29 is 4.79 Å². The van der Waals surface area contributed by atoms with Crippen LogP contribution in [0.3, 0.4) is 0 Å². The van der Waals surface area contributed by atoms with Gasteiger partial charge in [-0.3, -0.25) is 4.79 Å². The zero-order valence-electron chi connectivity index (χ0n) is 9.76. The summed E-state index contributed by atoms with van der Waals surface area (Å²) in [7, 11) is 2.00. The largest absolute Gasteiger partial charge is 0.350 e. The lowest BCUT2D eigenvalue weighted by molar-refractivity contribution is -0.117. The van der Waals surface area contributed by atoms with Gasteiger partial charge in [0.2, 0.25) is 5.91 Å². The van der Waals surface area contributed by atoms with Crippen LogP contribution >= 0.6 is 0 Å². The molecule has 0 saturated carbocycles. The number of carbonyl (C=O) groups is 1. The van der Waals surface area contributed by atoms with E-state index in [0.717, 1.165) is 16.6 Å². The summed E-state index contributed by atoms with van der Waals surface area (Å²) in [5, 5.41) is 1.11.